The number of amides is 1. The Hall–Kier alpha value is -1.85. The molecule has 0 bridgehead atoms. The minimum Gasteiger partial charge on any atom is -0.508 e. The van der Waals surface area contributed by atoms with Gasteiger partial charge in [0, 0.05) is 26.2 Å². The van der Waals surface area contributed by atoms with Crippen LogP contribution in [-0.2, 0) is 9.53 Å². The number of phenolic OH excluding ortho intramolecular Hbond substituents is 1. The number of carbonyl (C=O) groups excluding carboxylic acids is 1. The van der Waals surface area contributed by atoms with E-state index in [9.17, 15) is 9.90 Å². The van der Waals surface area contributed by atoms with Crippen LogP contribution in [0.4, 0.5) is 0 Å². The SMILES string of the molecule is O=C(CN1CC=C(c2ccc(O)cc2)CC1)NCC1CCCO1. The second kappa shape index (κ2) is 7.62. The first kappa shape index (κ1) is 16.0. The molecule has 2 N–H and O–H groups in total. The molecule has 1 saturated heterocycles. The fourth-order valence-corrected chi connectivity index (χ4v) is 3.08. The molecular weight excluding hydrogens is 292 g/mol. The Balaban J connectivity index is 1.44. The van der Waals surface area contributed by atoms with Gasteiger partial charge >= 0.3 is 0 Å². The predicted octanol–water partition coefficient (Wildman–Crippen LogP) is 1.78. The summed E-state index contributed by atoms with van der Waals surface area (Å²) in [4.78, 5) is 14.1. The molecule has 0 spiro atoms. The summed E-state index contributed by atoms with van der Waals surface area (Å²) in [5.74, 6) is 0.358. The van der Waals surface area contributed by atoms with Gasteiger partial charge in [-0.2, -0.15) is 0 Å². The summed E-state index contributed by atoms with van der Waals surface area (Å²) in [6.45, 7) is 3.54. The van der Waals surface area contributed by atoms with Crippen LogP contribution in [-0.4, -0.2) is 54.8 Å². The van der Waals surface area contributed by atoms with Crippen molar-refractivity contribution in [3.63, 3.8) is 0 Å². The van der Waals surface area contributed by atoms with Crippen molar-refractivity contribution in [3.05, 3.63) is 35.9 Å². The largest absolute Gasteiger partial charge is 0.508 e. The summed E-state index contributed by atoms with van der Waals surface area (Å²) in [7, 11) is 0. The Morgan fingerprint density at radius 2 is 2.17 bits per heavy atom. The molecule has 0 radical (unpaired) electrons. The first-order chi connectivity index (χ1) is 11.2. The van der Waals surface area contributed by atoms with Gasteiger partial charge in [0.05, 0.1) is 12.6 Å². The molecule has 0 aliphatic carbocycles. The number of phenols is 1. The van der Waals surface area contributed by atoms with Gasteiger partial charge in [0.1, 0.15) is 5.75 Å². The third-order valence-corrected chi connectivity index (χ3v) is 4.45. The van der Waals surface area contributed by atoms with Crippen molar-refractivity contribution in [3.8, 4) is 5.75 Å². The lowest BCUT2D eigenvalue weighted by atomic mass is 9.99. The lowest BCUT2D eigenvalue weighted by molar-refractivity contribution is -0.122. The quantitative estimate of drug-likeness (QED) is 0.869. The summed E-state index contributed by atoms with van der Waals surface area (Å²) in [6.07, 6.45) is 5.43. The van der Waals surface area contributed by atoms with E-state index >= 15 is 0 Å². The highest BCUT2D eigenvalue weighted by molar-refractivity contribution is 5.78. The van der Waals surface area contributed by atoms with E-state index in [0.29, 0.717) is 13.1 Å². The fraction of sp³-hybridized carbons (Fsp3) is 0.500. The molecule has 2 heterocycles. The zero-order valence-electron chi connectivity index (χ0n) is 13.3. The third kappa shape index (κ3) is 4.56. The van der Waals surface area contributed by atoms with Crippen LogP contribution in [0, 0.1) is 0 Å². The lowest BCUT2D eigenvalue weighted by Crippen LogP contribution is -2.41. The van der Waals surface area contributed by atoms with Gasteiger partial charge in [-0.15, -0.1) is 0 Å². The van der Waals surface area contributed by atoms with Crippen LogP contribution in [0.5, 0.6) is 5.75 Å². The molecule has 124 valence electrons. The maximum Gasteiger partial charge on any atom is 0.234 e. The van der Waals surface area contributed by atoms with E-state index in [2.05, 4.69) is 16.3 Å². The van der Waals surface area contributed by atoms with Gasteiger partial charge in [-0.05, 0) is 42.5 Å². The number of hydrogen-bond acceptors (Lipinski definition) is 4. The molecule has 5 heteroatoms. The van der Waals surface area contributed by atoms with E-state index in [4.69, 9.17) is 4.74 Å². The van der Waals surface area contributed by atoms with E-state index in [1.165, 1.54) is 5.57 Å². The number of aromatic hydroxyl groups is 1. The lowest BCUT2D eigenvalue weighted by Gasteiger charge is -2.26. The van der Waals surface area contributed by atoms with E-state index in [-0.39, 0.29) is 17.8 Å². The molecule has 1 atom stereocenters. The first-order valence-electron chi connectivity index (χ1n) is 8.30. The number of nitrogens with one attached hydrogen (secondary N) is 1. The van der Waals surface area contributed by atoms with Crippen LogP contribution in [0.25, 0.3) is 5.57 Å². The van der Waals surface area contributed by atoms with Gasteiger partial charge in [-0.25, -0.2) is 0 Å². The number of hydrogen-bond donors (Lipinski definition) is 2. The molecule has 2 aliphatic rings. The minimum atomic E-state index is 0.0713. The van der Waals surface area contributed by atoms with Crippen molar-refractivity contribution in [2.45, 2.75) is 25.4 Å². The molecular formula is C18H24N2O3. The van der Waals surface area contributed by atoms with Gasteiger partial charge < -0.3 is 15.2 Å². The van der Waals surface area contributed by atoms with Crippen LogP contribution in [0.1, 0.15) is 24.8 Å². The van der Waals surface area contributed by atoms with Crippen molar-refractivity contribution >= 4 is 11.5 Å². The summed E-state index contributed by atoms with van der Waals surface area (Å²) in [5.41, 5.74) is 2.42. The van der Waals surface area contributed by atoms with Crippen molar-refractivity contribution < 1.29 is 14.6 Å². The van der Waals surface area contributed by atoms with Crippen LogP contribution in [0.15, 0.2) is 30.3 Å². The number of nitrogens with zero attached hydrogens (tertiary/aromatic N) is 1. The van der Waals surface area contributed by atoms with Crippen LogP contribution >= 0.6 is 0 Å². The Morgan fingerprint density at radius 3 is 2.83 bits per heavy atom. The molecule has 3 rings (SSSR count). The molecule has 5 nitrogen and oxygen atoms in total. The normalized spacial score (nSPS) is 21.9. The monoisotopic (exact) mass is 316 g/mol. The molecule has 1 amide bonds. The van der Waals surface area contributed by atoms with E-state index < -0.39 is 0 Å². The molecule has 1 aromatic rings. The second-order valence-electron chi connectivity index (χ2n) is 6.20. The number of rotatable bonds is 5. The molecule has 1 fully saturated rings. The summed E-state index contributed by atoms with van der Waals surface area (Å²) >= 11 is 0. The minimum absolute atomic E-state index is 0.0713. The average Bonchev–Trinajstić information content (AvgIpc) is 3.08. The maximum absolute atomic E-state index is 12.0. The topological polar surface area (TPSA) is 61.8 Å². The summed E-state index contributed by atoms with van der Waals surface area (Å²) in [6, 6.07) is 7.29. The molecule has 23 heavy (non-hydrogen) atoms. The Bertz CT molecular complexity index is 562. The highest BCUT2D eigenvalue weighted by Gasteiger charge is 2.18. The molecule has 0 aromatic heterocycles. The smallest absolute Gasteiger partial charge is 0.234 e. The van der Waals surface area contributed by atoms with Gasteiger partial charge in [0.25, 0.3) is 0 Å². The average molecular weight is 316 g/mol. The van der Waals surface area contributed by atoms with E-state index in [1.807, 2.05) is 12.1 Å². The molecule has 1 aromatic carbocycles. The fourth-order valence-electron chi connectivity index (χ4n) is 3.08. The highest BCUT2D eigenvalue weighted by Crippen LogP contribution is 2.23. The predicted molar refractivity (Wildman–Crippen MR) is 89.1 cm³/mol. The number of ether oxygens (including phenoxy) is 1. The van der Waals surface area contributed by atoms with Crippen LogP contribution in [0.3, 0.4) is 0 Å². The van der Waals surface area contributed by atoms with Crippen LogP contribution in [0.2, 0.25) is 0 Å². The van der Waals surface area contributed by atoms with Crippen molar-refractivity contribution in [2.24, 2.45) is 0 Å². The molecule has 0 saturated carbocycles. The second-order valence-corrected chi connectivity index (χ2v) is 6.20. The van der Waals surface area contributed by atoms with Crippen molar-refractivity contribution in [1.82, 2.24) is 10.2 Å². The highest BCUT2D eigenvalue weighted by atomic mass is 16.5. The number of carbonyl (C=O) groups is 1. The van der Waals surface area contributed by atoms with Gasteiger partial charge in [0.15, 0.2) is 0 Å². The van der Waals surface area contributed by atoms with E-state index in [0.717, 1.165) is 44.5 Å². The molecule has 1 unspecified atom stereocenters. The zero-order chi connectivity index (χ0) is 16.1. The van der Waals surface area contributed by atoms with Crippen LogP contribution < -0.4 is 5.32 Å². The molecule has 2 aliphatic heterocycles. The standard InChI is InChI=1S/C18H24N2O3/c21-16-5-3-14(4-6-16)15-7-9-20(10-8-15)13-18(22)19-12-17-2-1-11-23-17/h3-7,17,21H,1-2,8-13H2,(H,19,22). The Labute approximate surface area is 136 Å². The summed E-state index contributed by atoms with van der Waals surface area (Å²) < 4.78 is 5.51. The van der Waals surface area contributed by atoms with E-state index in [1.54, 1.807) is 12.1 Å². The zero-order valence-corrected chi connectivity index (χ0v) is 13.3. The Morgan fingerprint density at radius 1 is 1.35 bits per heavy atom. The van der Waals surface area contributed by atoms with Gasteiger partial charge in [-0.1, -0.05) is 18.2 Å². The van der Waals surface area contributed by atoms with Crippen molar-refractivity contribution in [2.75, 3.05) is 32.8 Å². The Kier molecular flexibility index (Phi) is 5.31. The van der Waals surface area contributed by atoms with Gasteiger partial charge in [-0.3, -0.25) is 9.69 Å². The van der Waals surface area contributed by atoms with Crippen molar-refractivity contribution in [1.29, 1.82) is 0 Å². The van der Waals surface area contributed by atoms with Gasteiger partial charge in [0.2, 0.25) is 5.91 Å². The maximum atomic E-state index is 12.0. The number of benzene rings is 1. The summed E-state index contributed by atoms with van der Waals surface area (Å²) in [5, 5.41) is 12.3. The third-order valence-electron chi connectivity index (χ3n) is 4.45. The first-order valence-corrected chi connectivity index (χ1v) is 8.30.